The second kappa shape index (κ2) is 7.26. The van der Waals surface area contributed by atoms with Crippen LogP contribution in [0.2, 0.25) is 0 Å². The predicted molar refractivity (Wildman–Crippen MR) is 103 cm³/mol. The van der Waals surface area contributed by atoms with Gasteiger partial charge in [-0.2, -0.15) is 0 Å². The third-order valence-corrected chi connectivity index (χ3v) is 6.33. The number of urea groups is 1. The molecule has 4 amide bonds. The summed E-state index contributed by atoms with van der Waals surface area (Å²) >= 11 is 1.37. The zero-order chi connectivity index (χ0) is 19.0. The average molecular weight is 386 g/mol. The molecule has 8 heteroatoms. The Hall–Kier alpha value is -2.48. The molecule has 3 unspecified atom stereocenters. The minimum absolute atomic E-state index is 0.0974. The molecule has 2 aromatic rings. The summed E-state index contributed by atoms with van der Waals surface area (Å²) in [5.41, 5.74) is 0.808. The lowest BCUT2D eigenvalue weighted by atomic mass is 9.82. The molecule has 27 heavy (non-hydrogen) atoms. The number of hydrogen-bond acceptors (Lipinski definition) is 5. The molecular formula is C19H22N4O3S. The van der Waals surface area contributed by atoms with Crippen molar-refractivity contribution < 1.29 is 14.4 Å². The van der Waals surface area contributed by atoms with Crippen LogP contribution in [0.25, 0.3) is 10.2 Å². The number of para-hydroxylation sites is 1. The largest absolute Gasteiger partial charge is 0.334 e. The number of rotatable bonds is 4. The molecule has 2 heterocycles. The van der Waals surface area contributed by atoms with Crippen molar-refractivity contribution in [2.24, 2.45) is 5.92 Å². The van der Waals surface area contributed by atoms with Crippen molar-refractivity contribution in [1.29, 1.82) is 0 Å². The Morgan fingerprint density at radius 3 is 2.89 bits per heavy atom. The van der Waals surface area contributed by atoms with E-state index in [1.54, 1.807) is 6.92 Å². The number of hydrogen-bond donors (Lipinski definition) is 2. The standard InChI is InChI=1S/C19H22N4O3S/c1-2-14(16(24)22-18-20-13-9-5-6-10-15(13)27-18)23-17(25)11-7-3-4-8-12(11)21-19(23)26/h5-6,9-12,14H,2-4,7-8H2,1H3,(H,21,26)(H,20,22,24). The first-order chi connectivity index (χ1) is 13.1. The number of imide groups is 1. The van der Waals surface area contributed by atoms with Crippen LogP contribution in [0.3, 0.4) is 0 Å². The highest BCUT2D eigenvalue weighted by Crippen LogP contribution is 2.31. The lowest BCUT2D eigenvalue weighted by molar-refractivity contribution is -0.142. The van der Waals surface area contributed by atoms with Gasteiger partial charge in [0.15, 0.2) is 5.13 Å². The van der Waals surface area contributed by atoms with Gasteiger partial charge in [0.1, 0.15) is 6.04 Å². The predicted octanol–water partition coefficient (Wildman–Crippen LogP) is 3.12. The monoisotopic (exact) mass is 386 g/mol. The summed E-state index contributed by atoms with van der Waals surface area (Å²) in [4.78, 5) is 43.9. The quantitative estimate of drug-likeness (QED) is 0.845. The maximum Gasteiger partial charge on any atom is 0.325 e. The molecule has 1 aromatic carbocycles. The maximum atomic E-state index is 12.9. The van der Waals surface area contributed by atoms with E-state index in [0.717, 1.165) is 40.8 Å². The molecule has 1 aliphatic heterocycles. The summed E-state index contributed by atoms with van der Waals surface area (Å²) in [6.07, 6.45) is 3.93. The minimum Gasteiger partial charge on any atom is -0.334 e. The van der Waals surface area contributed by atoms with Crippen LogP contribution < -0.4 is 10.6 Å². The van der Waals surface area contributed by atoms with Gasteiger partial charge in [-0.15, -0.1) is 0 Å². The number of nitrogens with one attached hydrogen (secondary N) is 2. The smallest absolute Gasteiger partial charge is 0.325 e. The first-order valence-electron chi connectivity index (χ1n) is 9.38. The van der Waals surface area contributed by atoms with Gasteiger partial charge in [0.05, 0.1) is 16.1 Å². The van der Waals surface area contributed by atoms with Crippen molar-refractivity contribution in [1.82, 2.24) is 15.2 Å². The van der Waals surface area contributed by atoms with Gasteiger partial charge in [0.2, 0.25) is 11.8 Å². The topological polar surface area (TPSA) is 91.4 Å². The molecule has 4 rings (SSSR count). The van der Waals surface area contributed by atoms with E-state index in [1.165, 1.54) is 11.3 Å². The Labute approximate surface area is 161 Å². The Morgan fingerprint density at radius 1 is 1.33 bits per heavy atom. The molecule has 142 valence electrons. The van der Waals surface area contributed by atoms with Crippen LogP contribution in [-0.4, -0.2) is 39.8 Å². The van der Waals surface area contributed by atoms with E-state index in [9.17, 15) is 14.4 Å². The number of carbonyl (C=O) groups excluding carboxylic acids is 3. The molecule has 0 radical (unpaired) electrons. The van der Waals surface area contributed by atoms with Crippen molar-refractivity contribution in [2.75, 3.05) is 5.32 Å². The van der Waals surface area contributed by atoms with E-state index >= 15 is 0 Å². The summed E-state index contributed by atoms with van der Waals surface area (Å²) in [6.45, 7) is 1.80. The highest BCUT2D eigenvalue weighted by molar-refractivity contribution is 7.22. The van der Waals surface area contributed by atoms with Gasteiger partial charge in [-0.05, 0) is 31.4 Å². The van der Waals surface area contributed by atoms with Crippen LogP contribution in [0.15, 0.2) is 24.3 Å². The highest BCUT2D eigenvalue weighted by atomic mass is 32.1. The molecule has 7 nitrogen and oxygen atoms in total. The van der Waals surface area contributed by atoms with Crippen molar-refractivity contribution in [3.05, 3.63) is 24.3 Å². The molecule has 2 aliphatic rings. The lowest BCUT2D eigenvalue weighted by Gasteiger charge is -2.42. The highest BCUT2D eigenvalue weighted by Gasteiger charge is 2.46. The SMILES string of the molecule is CCC(C(=O)Nc1nc2ccccc2s1)N1C(=O)NC2CCCCC2C1=O. The van der Waals surface area contributed by atoms with Crippen LogP contribution >= 0.6 is 11.3 Å². The van der Waals surface area contributed by atoms with E-state index in [2.05, 4.69) is 15.6 Å². The van der Waals surface area contributed by atoms with Gasteiger partial charge in [0.25, 0.3) is 0 Å². The fourth-order valence-corrected chi connectivity index (χ4v) is 4.87. The van der Waals surface area contributed by atoms with Gasteiger partial charge in [-0.3, -0.25) is 14.5 Å². The molecule has 3 atom stereocenters. The number of anilines is 1. The van der Waals surface area contributed by atoms with Crippen molar-refractivity contribution in [2.45, 2.75) is 51.1 Å². The van der Waals surface area contributed by atoms with E-state index in [0.29, 0.717) is 11.6 Å². The van der Waals surface area contributed by atoms with E-state index in [4.69, 9.17) is 0 Å². The molecule has 1 aromatic heterocycles. The van der Waals surface area contributed by atoms with Crippen LogP contribution in [-0.2, 0) is 9.59 Å². The maximum absolute atomic E-state index is 12.9. The third-order valence-electron chi connectivity index (χ3n) is 5.37. The van der Waals surface area contributed by atoms with Gasteiger partial charge < -0.3 is 10.6 Å². The molecule has 1 saturated carbocycles. The molecule has 2 fully saturated rings. The Kier molecular flexibility index (Phi) is 4.82. The number of thiazole rings is 1. The van der Waals surface area contributed by atoms with Gasteiger partial charge in [-0.25, -0.2) is 9.78 Å². The normalized spacial score (nSPS) is 23.7. The number of benzene rings is 1. The van der Waals surface area contributed by atoms with E-state index < -0.39 is 12.1 Å². The fourth-order valence-electron chi connectivity index (χ4n) is 4.00. The van der Waals surface area contributed by atoms with Crippen molar-refractivity contribution in [3.63, 3.8) is 0 Å². The number of fused-ring (bicyclic) bond motifs is 2. The zero-order valence-electron chi connectivity index (χ0n) is 15.1. The summed E-state index contributed by atoms with van der Waals surface area (Å²) in [6, 6.07) is 6.22. The molecule has 0 bridgehead atoms. The summed E-state index contributed by atoms with van der Waals surface area (Å²) in [5.74, 6) is -0.829. The molecule has 0 spiro atoms. The second-order valence-corrected chi connectivity index (χ2v) is 8.09. The first-order valence-corrected chi connectivity index (χ1v) is 10.2. The molecular weight excluding hydrogens is 364 g/mol. The summed E-state index contributed by atoms with van der Waals surface area (Å²) in [5, 5.41) is 6.19. The van der Waals surface area contributed by atoms with E-state index in [-0.39, 0.29) is 23.8 Å². The summed E-state index contributed by atoms with van der Waals surface area (Å²) < 4.78 is 0.970. The van der Waals surface area contributed by atoms with Gasteiger partial charge in [0, 0.05) is 6.04 Å². The van der Waals surface area contributed by atoms with Crippen molar-refractivity contribution >= 4 is 44.5 Å². The number of nitrogens with zero attached hydrogens (tertiary/aromatic N) is 2. The van der Waals surface area contributed by atoms with Crippen LogP contribution in [0.4, 0.5) is 9.93 Å². The third kappa shape index (κ3) is 3.29. The minimum atomic E-state index is -0.840. The average Bonchev–Trinajstić information content (AvgIpc) is 3.07. The zero-order valence-corrected chi connectivity index (χ0v) is 15.9. The molecule has 1 aliphatic carbocycles. The Bertz CT molecular complexity index is 863. The number of aromatic nitrogens is 1. The summed E-state index contributed by atoms with van der Waals surface area (Å²) in [7, 11) is 0. The fraction of sp³-hybridized carbons (Fsp3) is 0.474. The number of carbonyl (C=O) groups is 3. The first kappa shape index (κ1) is 17.9. The number of amides is 4. The van der Waals surface area contributed by atoms with Gasteiger partial charge >= 0.3 is 6.03 Å². The molecule has 2 N–H and O–H groups in total. The lowest BCUT2D eigenvalue weighted by Crippen LogP contribution is -2.64. The van der Waals surface area contributed by atoms with Crippen LogP contribution in [0, 0.1) is 5.92 Å². The van der Waals surface area contributed by atoms with E-state index in [1.807, 2.05) is 24.3 Å². The molecule has 1 saturated heterocycles. The van der Waals surface area contributed by atoms with Gasteiger partial charge in [-0.1, -0.05) is 43.2 Å². The van der Waals surface area contributed by atoms with Crippen LogP contribution in [0.5, 0.6) is 0 Å². The van der Waals surface area contributed by atoms with Crippen molar-refractivity contribution in [3.8, 4) is 0 Å². The Balaban J connectivity index is 1.54. The Morgan fingerprint density at radius 2 is 2.11 bits per heavy atom. The second-order valence-electron chi connectivity index (χ2n) is 7.06. The van der Waals surface area contributed by atoms with Crippen LogP contribution in [0.1, 0.15) is 39.0 Å².